The van der Waals surface area contributed by atoms with Gasteiger partial charge in [-0.2, -0.15) is 4.68 Å². The van der Waals surface area contributed by atoms with Gasteiger partial charge in [-0.05, 0) is 18.6 Å². The Bertz CT molecular complexity index is 523. The van der Waals surface area contributed by atoms with E-state index in [4.69, 9.17) is 0 Å². The van der Waals surface area contributed by atoms with Gasteiger partial charge in [0.1, 0.15) is 0 Å². The fourth-order valence-electron chi connectivity index (χ4n) is 1.45. The van der Waals surface area contributed by atoms with Gasteiger partial charge in [-0.3, -0.25) is 0 Å². The molecule has 0 bridgehead atoms. The first-order chi connectivity index (χ1) is 7.11. The Kier molecular flexibility index (Phi) is 2.18. The van der Waals surface area contributed by atoms with Crippen molar-refractivity contribution in [3.05, 3.63) is 39.8 Å². The third kappa shape index (κ3) is 1.47. The van der Waals surface area contributed by atoms with Crippen LogP contribution < -0.4 is 5.69 Å². The molecule has 0 unspecified atom stereocenters. The molecule has 80 valence electrons. The molecular formula is C9H9F2N3O. The first kappa shape index (κ1) is 9.70. The first-order valence-corrected chi connectivity index (χ1v) is 4.34. The maximum absolute atomic E-state index is 12.6. The molecule has 1 aromatic heterocycles. The number of nitrogens with one attached hydrogen (secondary N) is 2. The zero-order valence-electron chi connectivity index (χ0n) is 7.92. The van der Waals surface area contributed by atoms with Crippen LogP contribution in [0.25, 0.3) is 5.69 Å². The molecule has 4 nitrogen and oxygen atoms in total. The number of aromatic amines is 2. The van der Waals surface area contributed by atoms with E-state index in [1.807, 2.05) is 0 Å². The molecule has 0 spiro atoms. The van der Waals surface area contributed by atoms with Gasteiger partial charge < -0.3 is 0 Å². The molecule has 2 rings (SSSR count). The molecule has 0 saturated carbocycles. The van der Waals surface area contributed by atoms with E-state index in [2.05, 4.69) is 10.3 Å². The van der Waals surface area contributed by atoms with E-state index in [9.17, 15) is 13.6 Å². The van der Waals surface area contributed by atoms with Gasteiger partial charge in [-0.1, -0.05) is 12.1 Å². The van der Waals surface area contributed by atoms with Crippen molar-refractivity contribution >= 4 is 0 Å². The number of H-pyrrole nitrogens is 2. The van der Waals surface area contributed by atoms with E-state index in [-0.39, 0.29) is 11.3 Å². The fourth-order valence-corrected chi connectivity index (χ4v) is 1.45. The molecule has 0 aliphatic carbocycles. The van der Waals surface area contributed by atoms with Crippen molar-refractivity contribution in [3.8, 4) is 5.69 Å². The van der Waals surface area contributed by atoms with Crippen LogP contribution in [-0.2, 0) is 0 Å². The maximum atomic E-state index is 12.6. The third-order valence-electron chi connectivity index (χ3n) is 2.30. The predicted molar refractivity (Wildman–Crippen MR) is 50.4 cm³/mol. The van der Waals surface area contributed by atoms with E-state index >= 15 is 0 Å². The summed E-state index contributed by atoms with van der Waals surface area (Å²) in [6.07, 6.45) is -2.53. The van der Waals surface area contributed by atoms with Crippen LogP contribution in [0.3, 0.4) is 0 Å². The monoisotopic (exact) mass is 213 g/mol. The quantitative estimate of drug-likeness (QED) is 0.784. The van der Waals surface area contributed by atoms with Gasteiger partial charge in [0.05, 0.1) is 5.69 Å². The van der Waals surface area contributed by atoms with Crippen LogP contribution in [0.4, 0.5) is 8.78 Å². The fraction of sp³-hybridized carbons (Fsp3) is 0.222. The van der Waals surface area contributed by atoms with Crippen LogP contribution in [0.5, 0.6) is 0 Å². The minimum atomic E-state index is -2.53. The van der Waals surface area contributed by atoms with Gasteiger partial charge in [0.25, 0.3) is 6.43 Å². The Balaban J connectivity index is 2.57. The molecule has 0 fully saturated rings. The van der Waals surface area contributed by atoms with Crippen LogP contribution >= 0.6 is 0 Å². The molecule has 15 heavy (non-hydrogen) atoms. The highest BCUT2D eigenvalue weighted by molar-refractivity contribution is 5.44. The van der Waals surface area contributed by atoms with Crippen molar-refractivity contribution in [2.45, 2.75) is 13.3 Å². The summed E-state index contributed by atoms with van der Waals surface area (Å²) in [6, 6.07) is 4.45. The Hall–Kier alpha value is -1.85. The Morgan fingerprint density at radius 2 is 2.13 bits per heavy atom. The Morgan fingerprint density at radius 3 is 2.60 bits per heavy atom. The summed E-state index contributed by atoms with van der Waals surface area (Å²) in [4.78, 5) is 11.0. The number of alkyl halides is 2. The van der Waals surface area contributed by atoms with Crippen molar-refractivity contribution in [2.75, 3.05) is 0 Å². The van der Waals surface area contributed by atoms with E-state index in [1.165, 1.54) is 16.8 Å². The summed E-state index contributed by atoms with van der Waals surface area (Å²) >= 11 is 0. The van der Waals surface area contributed by atoms with Crippen LogP contribution in [0.1, 0.15) is 17.6 Å². The lowest BCUT2D eigenvalue weighted by molar-refractivity contribution is 0.150. The largest absolute Gasteiger partial charge is 0.361 e. The topological polar surface area (TPSA) is 53.6 Å². The number of benzene rings is 1. The molecule has 6 heteroatoms. The standard InChI is InChI=1S/C9H9F2N3O/c1-5-6(8(10)11)3-2-4-7(5)14-9(15)12-13-14/h2-4,8,13H,1H3,(H,12,15). The maximum Gasteiger partial charge on any atom is 0.361 e. The summed E-state index contributed by atoms with van der Waals surface area (Å²) in [7, 11) is 0. The molecular weight excluding hydrogens is 204 g/mol. The lowest BCUT2D eigenvalue weighted by Crippen LogP contribution is -2.32. The van der Waals surface area contributed by atoms with Gasteiger partial charge in [0.15, 0.2) is 0 Å². The predicted octanol–water partition coefficient (Wildman–Crippen LogP) is 1.74. The van der Waals surface area contributed by atoms with Crippen molar-refractivity contribution < 1.29 is 8.78 Å². The first-order valence-electron chi connectivity index (χ1n) is 4.34. The molecule has 0 aliphatic heterocycles. The highest BCUT2D eigenvalue weighted by Crippen LogP contribution is 2.25. The van der Waals surface area contributed by atoms with Crippen molar-refractivity contribution in [3.63, 3.8) is 0 Å². The van der Waals surface area contributed by atoms with Crippen LogP contribution in [-0.4, -0.2) is 15.0 Å². The second-order valence-electron chi connectivity index (χ2n) is 3.17. The summed E-state index contributed by atoms with van der Waals surface area (Å²) < 4.78 is 26.3. The third-order valence-corrected chi connectivity index (χ3v) is 2.30. The highest BCUT2D eigenvalue weighted by Gasteiger charge is 2.15. The van der Waals surface area contributed by atoms with Crippen molar-refractivity contribution in [2.24, 2.45) is 0 Å². The van der Waals surface area contributed by atoms with Crippen LogP contribution in [0.2, 0.25) is 0 Å². The molecule has 0 radical (unpaired) electrons. The van der Waals surface area contributed by atoms with Crippen molar-refractivity contribution in [1.82, 2.24) is 15.0 Å². The number of nitrogens with zero attached hydrogens (tertiary/aromatic N) is 1. The van der Waals surface area contributed by atoms with Crippen LogP contribution in [0, 0.1) is 6.92 Å². The summed E-state index contributed by atoms with van der Waals surface area (Å²) in [5.41, 5.74) is 0.421. The zero-order chi connectivity index (χ0) is 11.0. The Morgan fingerprint density at radius 1 is 1.40 bits per heavy atom. The Labute approximate surface area is 83.5 Å². The summed E-state index contributed by atoms with van der Waals surface area (Å²) in [6.45, 7) is 1.56. The SMILES string of the molecule is Cc1c(C(F)F)cccc1-n1[nH][nH]c1=O. The smallest absolute Gasteiger partial charge is 0.244 e. The molecule has 2 aromatic rings. The second-order valence-corrected chi connectivity index (χ2v) is 3.17. The van der Waals surface area contributed by atoms with E-state index in [0.29, 0.717) is 11.3 Å². The minimum absolute atomic E-state index is 0.0611. The average molecular weight is 213 g/mol. The molecule has 0 atom stereocenters. The average Bonchev–Trinajstić information content (AvgIpc) is 2.18. The zero-order valence-corrected chi connectivity index (χ0v) is 7.92. The summed E-state index contributed by atoms with van der Waals surface area (Å²) in [5.74, 6) is 0. The van der Waals surface area contributed by atoms with E-state index in [1.54, 1.807) is 13.0 Å². The molecule has 1 aromatic carbocycles. The number of halogens is 2. The van der Waals surface area contributed by atoms with E-state index in [0.717, 1.165) is 0 Å². The van der Waals surface area contributed by atoms with Gasteiger partial charge in [-0.15, -0.1) is 0 Å². The minimum Gasteiger partial charge on any atom is -0.244 e. The van der Waals surface area contributed by atoms with Crippen molar-refractivity contribution in [1.29, 1.82) is 0 Å². The highest BCUT2D eigenvalue weighted by atomic mass is 19.3. The molecule has 0 aliphatic rings. The second kappa shape index (κ2) is 3.38. The summed E-state index contributed by atoms with van der Waals surface area (Å²) in [5, 5.41) is 4.79. The van der Waals surface area contributed by atoms with Gasteiger partial charge >= 0.3 is 5.69 Å². The van der Waals surface area contributed by atoms with Gasteiger partial charge in [0.2, 0.25) is 0 Å². The lowest BCUT2D eigenvalue weighted by Gasteiger charge is -2.13. The number of rotatable bonds is 2. The molecule has 0 saturated heterocycles. The molecule has 0 amide bonds. The van der Waals surface area contributed by atoms with Gasteiger partial charge in [-0.25, -0.2) is 23.9 Å². The normalized spacial score (nSPS) is 11.2. The number of aromatic nitrogens is 3. The molecule has 2 N–H and O–H groups in total. The number of hydrogen-bond donors (Lipinski definition) is 2. The number of hydrogen-bond acceptors (Lipinski definition) is 1. The van der Waals surface area contributed by atoms with E-state index < -0.39 is 6.43 Å². The molecule has 1 heterocycles. The van der Waals surface area contributed by atoms with Crippen LogP contribution in [0.15, 0.2) is 23.0 Å². The lowest BCUT2D eigenvalue weighted by atomic mass is 10.1. The van der Waals surface area contributed by atoms with Gasteiger partial charge in [0, 0.05) is 5.56 Å².